The molecule has 1 N–H and O–H groups in total. The topological polar surface area (TPSA) is 82.1 Å². The minimum atomic E-state index is 0.175. The fraction of sp³-hybridized carbons (Fsp3) is 0.417. The molecule has 0 radical (unpaired) electrons. The Morgan fingerprint density at radius 2 is 1.90 bits per heavy atom. The first kappa shape index (κ1) is 19.9. The molecule has 3 heterocycles. The van der Waals surface area contributed by atoms with Crippen molar-refractivity contribution in [2.45, 2.75) is 51.2 Å². The highest BCUT2D eigenvalue weighted by Gasteiger charge is 2.24. The molecule has 160 valence electrons. The molecule has 0 bridgehead atoms. The van der Waals surface area contributed by atoms with Crippen LogP contribution in [0.15, 0.2) is 42.9 Å². The zero-order chi connectivity index (χ0) is 21.0. The van der Waals surface area contributed by atoms with Crippen LogP contribution in [0.5, 0.6) is 5.75 Å². The molecule has 31 heavy (non-hydrogen) atoms. The number of rotatable bonds is 5. The van der Waals surface area contributed by atoms with Crippen molar-refractivity contribution in [3.63, 3.8) is 0 Å². The van der Waals surface area contributed by atoms with Crippen LogP contribution in [0, 0.1) is 6.92 Å². The molecule has 1 saturated carbocycles. The molecule has 1 fully saturated rings. The number of ether oxygens (including phenoxy) is 2. The molecular weight excluding hydrogens is 390 g/mol. The number of fused-ring (bicyclic) bond motifs is 1. The van der Waals surface area contributed by atoms with Gasteiger partial charge in [0.15, 0.2) is 0 Å². The van der Waals surface area contributed by atoms with Gasteiger partial charge in [0.25, 0.3) is 0 Å². The van der Waals surface area contributed by atoms with Crippen LogP contribution in [0.1, 0.15) is 43.5 Å². The monoisotopic (exact) mass is 417 g/mol. The van der Waals surface area contributed by atoms with E-state index >= 15 is 0 Å². The molecule has 0 saturated heterocycles. The maximum atomic E-state index is 6.50. The Hall–Kier alpha value is -3.06. The third-order valence-electron chi connectivity index (χ3n) is 5.97. The van der Waals surface area contributed by atoms with E-state index < -0.39 is 0 Å². The van der Waals surface area contributed by atoms with Gasteiger partial charge in [-0.1, -0.05) is 6.08 Å². The molecule has 5 rings (SSSR count). The fourth-order valence-electron chi connectivity index (χ4n) is 4.36. The molecule has 1 aromatic carbocycles. The van der Waals surface area contributed by atoms with E-state index in [1.807, 2.05) is 13.0 Å². The number of aryl methyl sites for hydroxylation is 1. The lowest BCUT2D eigenvalue weighted by atomic mass is 9.92. The van der Waals surface area contributed by atoms with Gasteiger partial charge in [0.05, 0.1) is 24.8 Å². The summed E-state index contributed by atoms with van der Waals surface area (Å²) in [7, 11) is 0. The third kappa shape index (κ3) is 4.66. The summed E-state index contributed by atoms with van der Waals surface area (Å²) in [6.07, 6.45) is 12.6. The van der Waals surface area contributed by atoms with Gasteiger partial charge in [0, 0.05) is 24.6 Å². The number of hydrogen-bond acceptors (Lipinski definition) is 7. The Kier molecular flexibility index (Phi) is 5.76. The molecule has 0 amide bonds. The van der Waals surface area contributed by atoms with Crippen molar-refractivity contribution < 1.29 is 9.47 Å². The first-order valence-corrected chi connectivity index (χ1v) is 11.0. The zero-order valence-electron chi connectivity index (χ0n) is 17.8. The predicted octanol–water partition coefficient (Wildman–Crippen LogP) is 4.33. The van der Waals surface area contributed by atoms with E-state index in [1.54, 1.807) is 18.6 Å². The summed E-state index contributed by atoms with van der Waals surface area (Å²) in [5, 5.41) is 3.54. The minimum absolute atomic E-state index is 0.175. The number of nitrogens with one attached hydrogen (secondary N) is 1. The average molecular weight is 418 g/mol. The summed E-state index contributed by atoms with van der Waals surface area (Å²) in [6.45, 7) is 3.32. The Balaban J connectivity index is 1.30. The standard InChI is InChI=1S/C24H27N5O2/c1-16-25-9-6-23(28-16)29-19-2-4-20(5-3-19)31-22-15-18(17-7-12-30-13-8-17)14-21-24(22)27-11-10-26-21/h6-7,9-11,14-15,19-20H,2-5,8,12-13H2,1H3,(H,25,28,29). The van der Waals surface area contributed by atoms with Crippen molar-refractivity contribution in [2.24, 2.45) is 0 Å². The van der Waals surface area contributed by atoms with Crippen LogP contribution < -0.4 is 10.1 Å². The van der Waals surface area contributed by atoms with Gasteiger partial charge in [-0.25, -0.2) is 15.0 Å². The van der Waals surface area contributed by atoms with E-state index in [0.29, 0.717) is 12.6 Å². The highest BCUT2D eigenvalue weighted by atomic mass is 16.5. The van der Waals surface area contributed by atoms with Gasteiger partial charge in [-0.15, -0.1) is 0 Å². The van der Waals surface area contributed by atoms with Crippen LogP contribution in [0.2, 0.25) is 0 Å². The molecule has 7 heteroatoms. The molecule has 0 spiro atoms. The Labute approximate surface area is 182 Å². The minimum Gasteiger partial charge on any atom is -0.488 e. The van der Waals surface area contributed by atoms with E-state index in [9.17, 15) is 0 Å². The maximum Gasteiger partial charge on any atom is 0.148 e. The van der Waals surface area contributed by atoms with Crippen molar-refractivity contribution in [2.75, 3.05) is 18.5 Å². The first-order chi connectivity index (χ1) is 15.2. The van der Waals surface area contributed by atoms with Crippen LogP contribution in [0.3, 0.4) is 0 Å². The van der Waals surface area contributed by atoms with Gasteiger partial charge in [-0.2, -0.15) is 0 Å². The number of anilines is 1. The van der Waals surface area contributed by atoms with Crippen LogP contribution in [0.4, 0.5) is 5.82 Å². The molecule has 2 aromatic heterocycles. The normalized spacial score (nSPS) is 21.5. The van der Waals surface area contributed by atoms with Crippen LogP contribution in [-0.4, -0.2) is 45.3 Å². The lowest BCUT2D eigenvalue weighted by Gasteiger charge is -2.30. The molecule has 0 unspecified atom stereocenters. The summed E-state index contributed by atoms with van der Waals surface area (Å²) in [5.74, 6) is 2.51. The molecule has 0 atom stereocenters. The van der Waals surface area contributed by atoms with E-state index in [2.05, 4.69) is 43.5 Å². The largest absolute Gasteiger partial charge is 0.488 e. The number of benzene rings is 1. The lowest BCUT2D eigenvalue weighted by Crippen LogP contribution is -2.31. The Bertz CT molecular complexity index is 1090. The molecule has 3 aromatic rings. The van der Waals surface area contributed by atoms with Gasteiger partial charge in [0.2, 0.25) is 0 Å². The van der Waals surface area contributed by atoms with Gasteiger partial charge in [-0.3, -0.25) is 4.98 Å². The predicted molar refractivity (Wildman–Crippen MR) is 120 cm³/mol. The van der Waals surface area contributed by atoms with E-state index in [0.717, 1.165) is 72.7 Å². The lowest BCUT2D eigenvalue weighted by molar-refractivity contribution is 0.151. The summed E-state index contributed by atoms with van der Waals surface area (Å²) in [5.41, 5.74) is 4.14. The van der Waals surface area contributed by atoms with Crippen molar-refractivity contribution in [1.82, 2.24) is 19.9 Å². The van der Waals surface area contributed by atoms with Crippen molar-refractivity contribution in [1.29, 1.82) is 0 Å². The molecule has 1 aliphatic carbocycles. The van der Waals surface area contributed by atoms with Crippen molar-refractivity contribution in [3.05, 3.63) is 54.3 Å². The Morgan fingerprint density at radius 3 is 2.71 bits per heavy atom. The Morgan fingerprint density at radius 1 is 1.03 bits per heavy atom. The van der Waals surface area contributed by atoms with E-state index in [4.69, 9.17) is 9.47 Å². The van der Waals surface area contributed by atoms with E-state index in [1.165, 1.54) is 5.57 Å². The zero-order valence-corrected chi connectivity index (χ0v) is 17.8. The smallest absolute Gasteiger partial charge is 0.148 e. The van der Waals surface area contributed by atoms with Gasteiger partial charge >= 0.3 is 0 Å². The summed E-state index contributed by atoms with van der Waals surface area (Å²) < 4.78 is 12.0. The summed E-state index contributed by atoms with van der Waals surface area (Å²) in [4.78, 5) is 17.7. The quantitative estimate of drug-likeness (QED) is 0.661. The van der Waals surface area contributed by atoms with E-state index in [-0.39, 0.29) is 6.10 Å². The van der Waals surface area contributed by atoms with Gasteiger partial charge in [-0.05, 0) is 68.4 Å². The van der Waals surface area contributed by atoms with Crippen molar-refractivity contribution in [3.8, 4) is 5.75 Å². The maximum absolute atomic E-state index is 6.50. The highest BCUT2D eigenvalue weighted by Crippen LogP contribution is 2.33. The second kappa shape index (κ2) is 8.98. The molecule has 1 aliphatic heterocycles. The first-order valence-electron chi connectivity index (χ1n) is 11.0. The second-order valence-electron chi connectivity index (χ2n) is 8.18. The van der Waals surface area contributed by atoms with Crippen LogP contribution in [-0.2, 0) is 4.74 Å². The summed E-state index contributed by atoms with van der Waals surface area (Å²) in [6, 6.07) is 6.57. The number of nitrogens with zero attached hydrogens (tertiary/aromatic N) is 4. The van der Waals surface area contributed by atoms with Crippen LogP contribution >= 0.6 is 0 Å². The highest BCUT2D eigenvalue weighted by molar-refractivity contribution is 5.86. The van der Waals surface area contributed by atoms with Crippen molar-refractivity contribution >= 4 is 22.4 Å². The van der Waals surface area contributed by atoms with Gasteiger partial charge in [0.1, 0.15) is 22.9 Å². The SMILES string of the molecule is Cc1nccc(NC2CCC(Oc3cc(C4=CCOCC4)cc4nccnc34)CC2)n1. The average Bonchev–Trinajstić information content (AvgIpc) is 2.81. The molecule has 2 aliphatic rings. The fourth-order valence-corrected chi connectivity index (χ4v) is 4.36. The molecular formula is C24H27N5O2. The summed E-state index contributed by atoms with van der Waals surface area (Å²) >= 11 is 0. The number of aromatic nitrogens is 4. The van der Waals surface area contributed by atoms with Gasteiger partial charge < -0.3 is 14.8 Å². The molecule has 7 nitrogen and oxygen atoms in total. The number of hydrogen-bond donors (Lipinski definition) is 1. The van der Waals surface area contributed by atoms with Crippen LogP contribution in [0.25, 0.3) is 16.6 Å². The third-order valence-corrected chi connectivity index (χ3v) is 5.97. The second-order valence-corrected chi connectivity index (χ2v) is 8.18.